The van der Waals surface area contributed by atoms with Crippen LogP contribution in [0.15, 0.2) is 21.6 Å². The number of hydrogen-bond donors (Lipinski definition) is 0. The average Bonchev–Trinajstić information content (AvgIpc) is 2.21. The van der Waals surface area contributed by atoms with E-state index in [1.165, 1.54) is 0 Å². The predicted molar refractivity (Wildman–Crippen MR) is 63.9 cm³/mol. The van der Waals surface area contributed by atoms with Gasteiger partial charge in [-0.3, -0.25) is 0 Å². The quantitative estimate of drug-likeness (QED) is 0.758. The molecule has 1 aromatic carbocycles. The van der Waals surface area contributed by atoms with Crippen molar-refractivity contribution >= 4 is 27.6 Å². The Morgan fingerprint density at radius 1 is 1.53 bits per heavy atom. The van der Waals surface area contributed by atoms with E-state index in [2.05, 4.69) is 20.9 Å². The number of aryl methyl sites for hydroxylation is 1. The fourth-order valence-electron chi connectivity index (χ4n) is 1.20. The molecule has 15 heavy (non-hydrogen) atoms. The largest absolute Gasteiger partial charge is 0.494 e. The fraction of sp³-hybridized carbons (Fsp3) is 0.364. The van der Waals surface area contributed by atoms with E-state index in [0.717, 1.165) is 10.0 Å². The van der Waals surface area contributed by atoms with Crippen molar-refractivity contribution in [1.82, 2.24) is 0 Å². The summed E-state index contributed by atoms with van der Waals surface area (Å²) < 4.78 is 19.1. The Bertz CT molecular complexity index is 390. The molecular formula is C11H13BrFNO. The molecule has 1 rings (SSSR count). The van der Waals surface area contributed by atoms with E-state index in [1.807, 2.05) is 13.0 Å². The zero-order chi connectivity index (χ0) is 11.4. The molecule has 0 saturated carbocycles. The second-order valence-electron chi connectivity index (χ2n) is 3.12. The number of halogens is 2. The molecule has 2 nitrogen and oxygen atoms in total. The maximum absolute atomic E-state index is 13.1. The van der Waals surface area contributed by atoms with Crippen molar-refractivity contribution in [3.05, 3.63) is 22.2 Å². The third-order valence-corrected chi connectivity index (χ3v) is 2.43. The summed E-state index contributed by atoms with van der Waals surface area (Å²) in [6.45, 7) is 3.59. The minimum absolute atomic E-state index is 0.290. The standard InChI is InChI=1S/C11H13BrFNO/c1-4-10(13)14-11-7(2)5-8(12)6-9(11)15-3/h5-6H,4H2,1-3H3. The zero-order valence-electron chi connectivity index (χ0n) is 8.97. The second-order valence-corrected chi connectivity index (χ2v) is 4.03. The Hall–Kier alpha value is -0.900. The first kappa shape index (κ1) is 12.2. The van der Waals surface area contributed by atoms with Gasteiger partial charge in [-0.2, -0.15) is 4.39 Å². The first-order chi connectivity index (χ1) is 7.08. The fourth-order valence-corrected chi connectivity index (χ4v) is 1.76. The number of benzene rings is 1. The van der Waals surface area contributed by atoms with Crippen LogP contribution in [0.3, 0.4) is 0 Å². The van der Waals surface area contributed by atoms with Crippen molar-refractivity contribution in [1.29, 1.82) is 0 Å². The Balaban J connectivity index is 3.27. The van der Waals surface area contributed by atoms with Crippen molar-refractivity contribution in [3.8, 4) is 5.75 Å². The summed E-state index contributed by atoms with van der Waals surface area (Å²) in [5.41, 5.74) is 1.44. The second kappa shape index (κ2) is 5.26. The number of rotatable bonds is 3. The molecule has 1 aromatic rings. The van der Waals surface area contributed by atoms with Crippen molar-refractivity contribution < 1.29 is 9.13 Å². The normalized spacial score (nSPS) is 11.7. The maximum Gasteiger partial charge on any atom is 0.189 e. The van der Waals surface area contributed by atoms with Crippen LogP contribution in [-0.2, 0) is 0 Å². The highest BCUT2D eigenvalue weighted by Gasteiger charge is 2.08. The molecule has 0 aliphatic carbocycles. The van der Waals surface area contributed by atoms with Crippen LogP contribution in [0.2, 0.25) is 0 Å². The van der Waals surface area contributed by atoms with E-state index in [9.17, 15) is 4.39 Å². The number of hydrogen-bond acceptors (Lipinski definition) is 2. The average molecular weight is 274 g/mol. The van der Waals surface area contributed by atoms with E-state index in [1.54, 1.807) is 20.1 Å². The highest BCUT2D eigenvalue weighted by Crippen LogP contribution is 2.34. The van der Waals surface area contributed by atoms with E-state index in [-0.39, 0.29) is 0 Å². The highest BCUT2D eigenvalue weighted by atomic mass is 79.9. The monoisotopic (exact) mass is 273 g/mol. The van der Waals surface area contributed by atoms with Gasteiger partial charge in [-0.25, -0.2) is 4.99 Å². The first-order valence-electron chi connectivity index (χ1n) is 4.65. The Morgan fingerprint density at radius 3 is 2.73 bits per heavy atom. The summed E-state index contributed by atoms with van der Waals surface area (Å²) in [4.78, 5) is 3.89. The molecule has 0 spiro atoms. The molecule has 0 bridgehead atoms. The van der Waals surface area contributed by atoms with Crippen LogP contribution in [0, 0.1) is 6.92 Å². The van der Waals surface area contributed by atoms with Crippen LogP contribution in [0.25, 0.3) is 0 Å². The summed E-state index contributed by atoms with van der Waals surface area (Å²) in [5, 5.41) is 0. The van der Waals surface area contributed by atoms with Crippen molar-refractivity contribution in [2.24, 2.45) is 4.99 Å². The zero-order valence-corrected chi connectivity index (χ0v) is 10.6. The minimum atomic E-state index is -0.390. The van der Waals surface area contributed by atoms with Gasteiger partial charge in [0.05, 0.1) is 7.11 Å². The lowest BCUT2D eigenvalue weighted by Crippen LogP contribution is -1.90. The Labute approximate surface area is 97.3 Å². The summed E-state index contributed by atoms with van der Waals surface area (Å²) in [5.74, 6) is 0.184. The van der Waals surface area contributed by atoms with Crippen LogP contribution in [-0.4, -0.2) is 13.1 Å². The Kier molecular flexibility index (Phi) is 4.27. The van der Waals surface area contributed by atoms with Gasteiger partial charge in [0.25, 0.3) is 0 Å². The molecule has 0 radical (unpaired) electrons. The number of ether oxygens (including phenoxy) is 1. The summed E-state index contributed by atoms with van der Waals surface area (Å²) in [7, 11) is 1.55. The van der Waals surface area contributed by atoms with Gasteiger partial charge in [-0.1, -0.05) is 22.9 Å². The molecule has 0 N–H and O–H groups in total. The van der Waals surface area contributed by atoms with Crippen LogP contribution in [0.1, 0.15) is 18.9 Å². The molecule has 0 saturated heterocycles. The molecule has 0 aliphatic rings. The highest BCUT2D eigenvalue weighted by molar-refractivity contribution is 9.10. The summed E-state index contributed by atoms with van der Waals surface area (Å²) in [6, 6.07) is 3.65. The van der Waals surface area contributed by atoms with E-state index in [4.69, 9.17) is 4.74 Å². The number of methoxy groups -OCH3 is 1. The van der Waals surface area contributed by atoms with Crippen LogP contribution in [0.5, 0.6) is 5.75 Å². The first-order valence-corrected chi connectivity index (χ1v) is 5.45. The van der Waals surface area contributed by atoms with Crippen molar-refractivity contribution in [2.75, 3.05) is 7.11 Å². The molecule has 0 amide bonds. The van der Waals surface area contributed by atoms with Gasteiger partial charge in [-0.05, 0) is 24.6 Å². The van der Waals surface area contributed by atoms with E-state index in [0.29, 0.717) is 17.9 Å². The smallest absolute Gasteiger partial charge is 0.189 e. The molecule has 0 heterocycles. The van der Waals surface area contributed by atoms with Gasteiger partial charge in [0.1, 0.15) is 11.4 Å². The van der Waals surface area contributed by atoms with Crippen molar-refractivity contribution in [3.63, 3.8) is 0 Å². The lowest BCUT2D eigenvalue weighted by molar-refractivity contribution is 0.415. The van der Waals surface area contributed by atoms with Crippen molar-refractivity contribution in [2.45, 2.75) is 20.3 Å². The van der Waals surface area contributed by atoms with Gasteiger partial charge in [0.2, 0.25) is 0 Å². The van der Waals surface area contributed by atoms with E-state index < -0.39 is 5.97 Å². The SMILES string of the molecule is CCC(F)=Nc1c(C)cc(Br)cc1OC. The number of aliphatic imine (C=N–C) groups is 1. The third-order valence-electron chi connectivity index (χ3n) is 1.98. The molecule has 0 fully saturated rings. The lowest BCUT2D eigenvalue weighted by atomic mass is 10.2. The minimum Gasteiger partial charge on any atom is -0.494 e. The molecule has 0 aromatic heterocycles. The topological polar surface area (TPSA) is 21.6 Å². The molecule has 0 aliphatic heterocycles. The molecule has 4 heteroatoms. The predicted octanol–water partition coefficient (Wildman–Crippen LogP) is 4.18. The summed E-state index contributed by atoms with van der Waals surface area (Å²) in [6.07, 6.45) is 0.290. The molecular weight excluding hydrogens is 261 g/mol. The van der Waals surface area contributed by atoms with Gasteiger partial charge >= 0.3 is 0 Å². The number of nitrogens with zero attached hydrogens (tertiary/aromatic N) is 1. The molecule has 82 valence electrons. The van der Waals surface area contributed by atoms with Gasteiger partial charge < -0.3 is 4.74 Å². The van der Waals surface area contributed by atoms with Gasteiger partial charge in [-0.15, -0.1) is 0 Å². The molecule has 0 unspecified atom stereocenters. The van der Waals surface area contributed by atoms with Gasteiger partial charge in [0, 0.05) is 10.9 Å². The van der Waals surface area contributed by atoms with Crippen LogP contribution >= 0.6 is 15.9 Å². The van der Waals surface area contributed by atoms with E-state index >= 15 is 0 Å². The van der Waals surface area contributed by atoms with Gasteiger partial charge in [0.15, 0.2) is 5.97 Å². The van der Waals surface area contributed by atoms with Crippen LogP contribution in [0.4, 0.5) is 10.1 Å². The maximum atomic E-state index is 13.1. The Morgan fingerprint density at radius 2 is 2.20 bits per heavy atom. The lowest BCUT2D eigenvalue weighted by Gasteiger charge is -2.08. The van der Waals surface area contributed by atoms with Crippen LogP contribution < -0.4 is 4.74 Å². The summed E-state index contributed by atoms with van der Waals surface area (Å²) >= 11 is 3.35. The third kappa shape index (κ3) is 3.02. The molecule has 0 atom stereocenters.